The van der Waals surface area contributed by atoms with E-state index in [0.29, 0.717) is 19.3 Å². The third kappa shape index (κ3) is 42.6. The number of rotatable bonds is 51. The zero-order chi connectivity index (χ0) is 57.5. The minimum Gasteiger partial charge on any atom is -0.454 e. The smallest absolute Gasteiger partial charge is 0.306 e. The Labute approximate surface area is 480 Å². The normalized spacial score (nSPS) is 19.7. The monoisotopic (exact) mass is 1100 g/mol. The molecule has 0 radical (unpaired) electrons. The van der Waals surface area contributed by atoms with E-state index in [2.05, 4.69) is 123 Å². The zero-order valence-electron chi connectivity index (χ0n) is 49.7. The molecule has 6 N–H and O–H groups in total. The van der Waals surface area contributed by atoms with Crippen LogP contribution >= 0.6 is 0 Å². The molecule has 0 aliphatic carbocycles. The highest BCUT2D eigenvalue weighted by atomic mass is 16.7. The fraction of sp³-hybridized carbons (Fsp3) is 0.676. The summed E-state index contributed by atoms with van der Waals surface area (Å²) in [6, 6.07) is -1.05. The van der Waals surface area contributed by atoms with Crippen LogP contribution in [0.15, 0.2) is 122 Å². The summed E-state index contributed by atoms with van der Waals surface area (Å²) in [5.74, 6) is -1.27. The molecule has 8 unspecified atom stereocenters. The van der Waals surface area contributed by atoms with E-state index in [9.17, 15) is 35.1 Å². The number of hydrogen-bond acceptors (Lipinski definition) is 10. The molecule has 1 fully saturated rings. The van der Waals surface area contributed by atoms with Gasteiger partial charge in [-0.15, -0.1) is 0 Å². The second-order valence-electron chi connectivity index (χ2n) is 21.0. The molecule has 1 amide bonds. The van der Waals surface area contributed by atoms with E-state index in [4.69, 9.17) is 14.2 Å². The Morgan fingerprint density at radius 1 is 0.506 bits per heavy atom. The number of hydrogen-bond donors (Lipinski definition) is 6. The fourth-order valence-corrected chi connectivity index (χ4v) is 8.90. The maximum absolute atomic E-state index is 13.4. The lowest BCUT2D eigenvalue weighted by atomic mass is 9.99. The minimum absolute atomic E-state index is 0.0400. The molecule has 1 heterocycles. The number of esters is 1. The molecule has 1 rings (SSSR count). The molecule has 11 heteroatoms. The van der Waals surface area contributed by atoms with Crippen molar-refractivity contribution in [3.8, 4) is 0 Å². The van der Waals surface area contributed by atoms with E-state index in [1.807, 2.05) is 18.2 Å². The van der Waals surface area contributed by atoms with Crippen molar-refractivity contribution in [2.45, 2.75) is 282 Å². The van der Waals surface area contributed by atoms with Gasteiger partial charge < -0.3 is 45.1 Å². The lowest BCUT2D eigenvalue weighted by Gasteiger charge is -2.41. The van der Waals surface area contributed by atoms with Gasteiger partial charge in [0.05, 0.1) is 25.4 Å². The van der Waals surface area contributed by atoms with Crippen LogP contribution in [-0.2, 0) is 23.8 Å². The second-order valence-corrected chi connectivity index (χ2v) is 21.0. The van der Waals surface area contributed by atoms with Gasteiger partial charge in [0.2, 0.25) is 5.91 Å². The Morgan fingerprint density at radius 2 is 0.911 bits per heavy atom. The molecule has 1 aliphatic heterocycles. The van der Waals surface area contributed by atoms with Gasteiger partial charge in [-0.3, -0.25) is 9.59 Å². The first-order chi connectivity index (χ1) is 38.7. The van der Waals surface area contributed by atoms with E-state index in [-0.39, 0.29) is 19.4 Å². The molecule has 0 aromatic rings. The third-order valence-electron chi connectivity index (χ3n) is 13.8. The molecule has 79 heavy (non-hydrogen) atoms. The van der Waals surface area contributed by atoms with Crippen LogP contribution in [0.4, 0.5) is 0 Å². The summed E-state index contributed by atoms with van der Waals surface area (Å²) >= 11 is 0. The van der Waals surface area contributed by atoms with Gasteiger partial charge in [0.1, 0.15) is 24.4 Å². The van der Waals surface area contributed by atoms with Crippen molar-refractivity contribution in [1.29, 1.82) is 0 Å². The summed E-state index contributed by atoms with van der Waals surface area (Å²) in [6.07, 6.45) is 65.2. The van der Waals surface area contributed by atoms with Crippen LogP contribution in [0.25, 0.3) is 0 Å². The van der Waals surface area contributed by atoms with Crippen LogP contribution in [-0.4, -0.2) is 99.6 Å². The highest BCUT2D eigenvalue weighted by Crippen LogP contribution is 2.26. The van der Waals surface area contributed by atoms with Crippen LogP contribution in [0, 0.1) is 0 Å². The van der Waals surface area contributed by atoms with Gasteiger partial charge in [-0.25, -0.2) is 0 Å². The van der Waals surface area contributed by atoms with Crippen LogP contribution in [0.5, 0.6) is 0 Å². The minimum atomic E-state index is -1.65. The van der Waals surface area contributed by atoms with Crippen molar-refractivity contribution in [2.75, 3.05) is 13.2 Å². The second kappa shape index (κ2) is 54.6. The molecule has 11 nitrogen and oxygen atoms in total. The molecule has 0 saturated carbocycles. The average Bonchev–Trinajstić information content (AvgIpc) is 3.45. The summed E-state index contributed by atoms with van der Waals surface area (Å²) in [6.45, 7) is 5.59. The van der Waals surface area contributed by atoms with Crippen molar-refractivity contribution < 1.29 is 49.3 Å². The molecule has 8 atom stereocenters. The highest BCUT2D eigenvalue weighted by molar-refractivity contribution is 5.80. The van der Waals surface area contributed by atoms with Crippen molar-refractivity contribution in [3.63, 3.8) is 0 Å². The average molecular weight is 1100 g/mol. The number of amides is 1. The largest absolute Gasteiger partial charge is 0.454 e. The molecule has 0 aromatic carbocycles. The van der Waals surface area contributed by atoms with Gasteiger partial charge in [0.25, 0.3) is 0 Å². The summed E-state index contributed by atoms with van der Waals surface area (Å²) in [4.78, 5) is 26.5. The number of aliphatic hydroxyl groups is 5. The Kier molecular flexibility index (Phi) is 50.5. The third-order valence-corrected chi connectivity index (χ3v) is 13.8. The Morgan fingerprint density at radius 3 is 1.39 bits per heavy atom. The predicted octanol–water partition coefficient (Wildman–Crippen LogP) is 15.1. The Hall–Kier alpha value is -3.94. The van der Waals surface area contributed by atoms with Crippen LogP contribution in [0.3, 0.4) is 0 Å². The number of carbonyl (C=O) groups excluding carboxylic acids is 2. The van der Waals surface area contributed by atoms with Gasteiger partial charge in [-0.1, -0.05) is 239 Å². The molecular weight excluding hydrogens is 991 g/mol. The van der Waals surface area contributed by atoms with Crippen molar-refractivity contribution in [1.82, 2.24) is 5.32 Å². The fourth-order valence-electron chi connectivity index (χ4n) is 8.90. The van der Waals surface area contributed by atoms with Gasteiger partial charge in [-0.2, -0.15) is 0 Å². The Balaban J connectivity index is 2.70. The number of carbonyl (C=O) groups is 2. The summed E-state index contributed by atoms with van der Waals surface area (Å²) < 4.78 is 17.5. The number of unbranched alkanes of at least 4 members (excludes halogenated alkanes) is 19. The topological polar surface area (TPSA) is 175 Å². The SMILES string of the molecule is CC/C=C\C/C=C\C/C=C\C/C=C\C/C=C\CCCCCCCCC(O)C(=O)NC(COC1OC(CO)C(O)C(O)C1OC(=O)CCC/C=C\C/C=C\C/C=C\C/C=C\CCCCC)C(O)/C=C/CCCCCCCCCCC. The summed E-state index contributed by atoms with van der Waals surface area (Å²) in [5, 5.41) is 56.9. The molecular formula is C68H113NO10. The van der Waals surface area contributed by atoms with Crippen LogP contribution in [0.2, 0.25) is 0 Å². The number of nitrogens with one attached hydrogen (secondary N) is 1. The zero-order valence-corrected chi connectivity index (χ0v) is 49.7. The molecule has 450 valence electrons. The Bertz CT molecular complexity index is 1740. The van der Waals surface area contributed by atoms with Crippen molar-refractivity contribution in [2.24, 2.45) is 0 Å². The molecule has 1 saturated heterocycles. The number of ether oxygens (including phenoxy) is 3. The van der Waals surface area contributed by atoms with Gasteiger partial charge in [0, 0.05) is 6.42 Å². The molecule has 0 aromatic heterocycles. The standard InChI is InChI=1S/C68H113NO10/c1-4-7-10-13-16-19-22-24-26-28-29-30-31-32-34-35-37-40-43-46-49-52-55-61(72)67(76)69-59(60(71)54-51-48-45-42-39-21-18-15-12-9-6-3)58-77-68-66(65(75)64(74)62(57-70)78-68)79-63(73)56-53-50-47-44-41-38-36-33-27-25-23-20-17-14-11-8-5-2/h7,10,16-17,19-20,24-27,29-30,32,34,36,38,44,47,51,54,59-62,64-66,68,70-72,74-75H,4-6,8-9,11-15,18,21-23,28,31,33,35,37,39-43,45-46,48-50,52-53,55-58H2,1-3H3,(H,69,76)/b10-7-,19-16-,20-17-,26-24-,27-25-,30-29-,34-32-,38-36-,47-44-,54-51+. The molecule has 1 aliphatic rings. The number of aliphatic hydroxyl groups excluding tert-OH is 5. The predicted molar refractivity (Wildman–Crippen MR) is 328 cm³/mol. The maximum Gasteiger partial charge on any atom is 0.306 e. The van der Waals surface area contributed by atoms with Gasteiger partial charge in [-0.05, 0) is 109 Å². The number of allylic oxidation sites excluding steroid dienone is 19. The van der Waals surface area contributed by atoms with Crippen LogP contribution in [0.1, 0.15) is 233 Å². The first-order valence-electron chi connectivity index (χ1n) is 31.3. The van der Waals surface area contributed by atoms with Gasteiger partial charge >= 0.3 is 5.97 Å². The highest BCUT2D eigenvalue weighted by Gasteiger charge is 2.47. The van der Waals surface area contributed by atoms with Crippen molar-refractivity contribution >= 4 is 11.9 Å². The van der Waals surface area contributed by atoms with Crippen molar-refractivity contribution in [3.05, 3.63) is 122 Å². The summed E-state index contributed by atoms with van der Waals surface area (Å²) in [5.41, 5.74) is 0. The molecule has 0 spiro atoms. The maximum atomic E-state index is 13.4. The molecule has 0 bridgehead atoms. The van der Waals surface area contributed by atoms with E-state index in [1.54, 1.807) is 6.08 Å². The van der Waals surface area contributed by atoms with Gasteiger partial charge in [0.15, 0.2) is 12.4 Å². The van der Waals surface area contributed by atoms with E-state index >= 15 is 0 Å². The first kappa shape index (κ1) is 73.1. The summed E-state index contributed by atoms with van der Waals surface area (Å²) in [7, 11) is 0. The van der Waals surface area contributed by atoms with E-state index in [0.717, 1.165) is 122 Å². The lowest BCUT2D eigenvalue weighted by Crippen LogP contribution is -2.61. The van der Waals surface area contributed by atoms with E-state index in [1.165, 1.54) is 57.8 Å². The van der Waals surface area contributed by atoms with E-state index < -0.39 is 67.4 Å². The first-order valence-corrected chi connectivity index (χ1v) is 31.3. The lowest BCUT2D eigenvalue weighted by molar-refractivity contribution is -0.305. The quantitative estimate of drug-likeness (QED) is 0.0195. The van der Waals surface area contributed by atoms with Crippen LogP contribution < -0.4 is 5.32 Å².